The normalized spacial score (nSPS) is 17.2. The highest BCUT2D eigenvalue weighted by Gasteiger charge is 2.29. The number of carbonyl (C=O) groups excluding carboxylic acids is 1. The summed E-state index contributed by atoms with van der Waals surface area (Å²) >= 11 is 0. The summed E-state index contributed by atoms with van der Waals surface area (Å²) in [7, 11) is 0. The number of rotatable bonds is 4. The number of anilines is 1. The molecule has 2 N–H and O–H groups in total. The first-order chi connectivity index (χ1) is 9.45. The first-order valence-corrected chi connectivity index (χ1v) is 7.54. The van der Waals surface area contributed by atoms with Crippen molar-refractivity contribution >= 4 is 11.7 Å². The molecule has 0 aromatic carbocycles. The summed E-state index contributed by atoms with van der Waals surface area (Å²) in [5.41, 5.74) is 2.98. The summed E-state index contributed by atoms with van der Waals surface area (Å²) in [5, 5.41) is 10.4. The van der Waals surface area contributed by atoms with Crippen molar-refractivity contribution in [1.29, 1.82) is 0 Å². The molecule has 112 valence electrons. The van der Waals surface area contributed by atoms with Crippen LogP contribution in [0, 0.1) is 19.3 Å². The van der Waals surface area contributed by atoms with Crippen LogP contribution in [-0.2, 0) is 6.54 Å². The Morgan fingerprint density at radius 1 is 1.35 bits per heavy atom. The Balaban J connectivity index is 1.93. The van der Waals surface area contributed by atoms with Crippen LogP contribution in [0.2, 0.25) is 0 Å². The van der Waals surface area contributed by atoms with Crippen LogP contribution >= 0.6 is 0 Å². The second kappa shape index (κ2) is 5.85. The van der Waals surface area contributed by atoms with E-state index in [0.717, 1.165) is 30.2 Å². The minimum absolute atomic E-state index is 0.125. The Bertz CT molecular complexity index is 486. The topological polar surface area (TPSA) is 59.0 Å². The lowest BCUT2D eigenvalue weighted by Gasteiger charge is -2.23. The molecule has 0 unspecified atom stereocenters. The van der Waals surface area contributed by atoms with Gasteiger partial charge in [0.1, 0.15) is 0 Å². The van der Waals surface area contributed by atoms with Gasteiger partial charge in [-0.1, -0.05) is 19.8 Å². The summed E-state index contributed by atoms with van der Waals surface area (Å²) < 4.78 is 1.91. The van der Waals surface area contributed by atoms with E-state index < -0.39 is 0 Å². The minimum atomic E-state index is -0.125. The molecule has 1 saturated carbocycles. The molecule has 1 aromatic rings. The van der Waals surface area contributed by atoms with E-state index in [2.05, 4.69) is 22.7 Å². The summed E-state index contributed by atoms with van der Waals surface area (Å²) in [4.78, 5) is 12.1. The molecule has 0 saturated heterocycles. The van der Waals surface area contributed by atoms with Crippen molar-refractivity contribution < 1.29 is 4.79 Å². The monoisotopic (exact) mass is 278 g/mol. The van der Waals surface area contributed by atoms with Gasteiger partial charge in [0.05, 0.1) is 17.1 Å². The molecule has 20 heavy (non-hydrogen) atoms. The average Bonchev–Trinajstić information content (AvgIpc) is 2.96. The van der Waals surface area contributed by atoms with Gasteiger partial charge in [-0.25, -0.2) is 4.79 Å². The van der Waals surface area contributed by atoms with Gasteiger partial charge in [0.15, 0.2) is 0 Å². The van der Waals surface area contributed by atoms with Gasteiger partial charge in [-0.05, 0) is 39.0 Å². The van der Waals surface area contributed by atoms with Gasteiger partial charge in [-0.2, -0.15) is 5.10 Å². The summed E-state index contributed by atoms with van der Waals surface area (Å²) in [6.45, 7) is 9.77. The Morgan fingerprint density at radius 3 is 2.55 bits per heavy atom. The van der Waals surface area contributed by atoms with Gasteiger partial charge in [-0.3, -0.25) is 4.68 Å². The third-order valence-electron chi connectivity index (χ3n) is 4.41. The number of hydrogen-bond donors (Lipinski definition) is 2. The van der Waals surface area contributed by atoms with E-state index in [-0.39, 0.29) is 11.4 Å². The van der Waals surface area contributed by atoms with Gasteiger partial charge in [-0.15, -0.1) is 0 Å². The van der Waals surface area contributed by atoms with Crippen LogP contribution < -0.4 is 10.6 Å². The maximum absolute atomic E-state index is 12.1. The van der Waals surface area contributed by atoms with Crippen LogP contribution in [0.25, 0.3) is 0 Å². The lowest BCUT2D eigenvalue weighted by molar-refractivity contribution is 0.242. The van der Waals surface area contributed by atoms with Crippen molar-refractivity contribution in [2.45, 2.75) is 59.9 Å². The molecule has 0 aliphatic heterocycles. The van der Waals surface area contributed by atoms with Gasteiger partial charge >= 0.3 is 6.03 Å². The van der Waals surface area contributed by atoms with Crippen molar-refractivity contribution in [3.63, 3.8) is 0 Å². The second-order valence-corrected chi connectivity index (χ2v) is 6.19. The van der Waals surface area contributed by atoms with Crippen LogP contribution in [0.4, 0.5) is 10.5 Å². The predicted molar refractivity (Wildman–Crippen MR) is 81.0 cm³/mol. The van der Waals surface area contributed by atoms with Crippen molar-refractivity contribution in [1.82, 2.24) is 15.1 Å². The minimum Gasteiger partial charge on any atom is -0.337 e. The van der Waals surface area contributed by atoms with Crippen molar-refractivity contribution in [2.24, 2.45) is 5.41 Å². The van der Waals surface area contributed by atoms with Gasteiger partial charge in [0.2, 0.25) is 0 Å². The third-order valence-corrected chi connectivity index (χ3v) is 4.41. The van der Waals surface area contributed by atoms with E-state index in [4.69, 9.17) is 0 Å². The highest BCUT2D eigenvalue weighted by molar-refractivity contribution is 5.90. The zero-order chi connectivity index (χ0) is 14.8. The number of nitrogens with one attached hydrogen (secondary N) is 2. The van der Waals surface area contributed by atoms with E-state index in [9.17, 15) is 4.79 Å². The molecule has 0 bridgehead atoms. The Labute approximate surface area is 121 Å². The number of nitrogens with zero attached hydrogens (tertiary/aromatic N) is 2. The Hall–Kier alpha value is -1.52. The number of amides is 2. The van der Waals surface area contributed by atoms with Crippen LogP contribution in [0.5, 0.6) is 0 Å². The fraction of sp³-hybridized carbons (Fsp3) is 0.733. The SMILES string of the molecule is CCn1nc(C)c(NC(=O)NCC2(C)CCCC2)c1C. The average molecular weight is 278 g/mol. The smallest absolute Gasteiger partial charge is 0.319 e. The zero-order valence-corrected chi connectivity index (χ0v) is 13.0. The van der Waals surface area contributed by atoms with E-state index in [0.29, 0.717) is 0 Å². The molecule has 0 spiro atoms. The molecule has 2 amide bonds. The fourth-order valence-electron chi connectivity index (χ4n) is 3.04. The number of urea groups is 1. The molecule has 2 rings (SSSR count). The largest absolute Gasteiger partial charge is 0.337 e. The molecule has 1 aromatic heterocycles. The van der Waals surface area contributed by atoms with Crippen LogP contribution in [0.1, 0.15) is 50.9 Å². The standard InChI is InChI=1S/C15H26N4O/c1-5-19-12(3)13(11(2)18-19)17-14(20)16-10-15(4)8-6-7-9-15/h5-10H2,1-4H3,(H2,16,17,20). The molecular formula is C15H26N4O. The highest BCUT2D eigenvalue weighted by Crippen LogP contribution is 2.36. The van der Waals surface area contributed by atoms with E-state index in [1.165, 1.54) is 25.7 Å². The predicted octanol–water partition coefficient (Wildman–Crippen LogP) is 3.22. The molecule has 1 aliphatic rings. The maximum atomic E-state index is 12.1. The van der Waals surface area contributed by atoms with Crippen molar-refractivity contribution in [3.8, 4) is 0 Å². The Morgan fingerprint density at radius 2 is 2.00 bits per heavy atom. The lowest BCUT2D eigenvalue weighted by atomic mass is 9.89. The first-order valence-electron chi connectivity index (χ1n) is 7.54. The van der Waals surface area contributed by atoms with Gasteiger partial charge in [0, 0.05) is 13.1 Å². The number of hydrogen-bond acceptors (Lipinski definition) is 2. The lowest BCUT2D eigenvalue weighted by Crippen LogP contribution is -2.37. The third kappa shape index (κ3) is 3.14. The molecule has 1 fully saturated rings. The van der Waals surface area contributed by atoms with E-state index in [1.807, 2.05) is 25.5 Å². The first kappa shape index (κ1) is 14.9. The number of aromatic nitrogens is 2. The quantitative estimate of drug-likeness (QED) is 0.888. The molecule has 1 aliphatic carbocycles. The summed E-state index contributed by atoms with van der Waals surface area (Å²) in [6, 6.07) is -0.125. The van der Waals surface area contributed by atoms with Crippen LogP contribution in [-0.4, -0.2) is 22.4 Å². The van der Waals surface area contributed by atoms with Crippen LogP contribution in [0.15, 0.2) is 0 Å². The van der Waals surface area contributed by atoms with Gasteiger partial charge in [0.25, 0.3) is 0 Å². The van der Waals surface area contributed by atoms with Crippen LogP contribution in [0.3, 0.4) is 0 Å². The number of carbonyl (C=O) groups is 1. The molecule has 1 heterocycles. The fourth-order valence-corrected chi connectivity index (χ4v) is 3.04. The number of aryl methyl sites for hydroxylation is 2. The van der Waals surface area contributed by atoms with E-state index in [1.54, 1.807) is 0 Å². The summed E-state index contributed by atoms with van der Waals surface area (Å²) in [6.07, 6.45) is 4.97. The van der Waals surface area contributed by atoms with Crippen molar-refractivity contribution in [2.75, 3.05) is 11.9 Å². The molecular weight excluding hydrogens is 252 g/mol. The van der Waals surface area contributed by atoms with Crippen molar-refractivity contribution in [3.05, 3.63) is 11.4 Å². The van der Waals surface area contributed by atoms with Gasteiger partial charge < -0.3 is 10.6 Å². The summed E-state index contributed by atoms with van der Waals surface area (Å²) in [5.74, 6) is 0. The highest BCUT2D eigenvalue weighted by atomic mass is 16.2. The second-order valence-electron chi connectivity index (χ2n) is 6.19. The Kier molecular flexibility index (Phi) is 4.35. The zero-order valence-electron chi connectivity index (χ0n) is 13.0. The molecule has 0 radical (unpaired) electrons. The maximum Gasteiger partial charge on any atom is 0.319 e. The molecule has 5 heteroatoms. The molecule has 5 nitrogen and oxygen atoms in total. The van der Waals surface area contributed by atoms with E-state index >= 15 is 0 Å². The molecule has 0 atom stereocenters.